The number of rotatable bonds is 13. The van der Waals surface area contributed by atoms with Crippen LogP contribution in [0.5, 0.6) is 5.75 Å². The zero-order chi connectivity index (χ0) is 31.5. The van der Waals surface area contributed by atoms with Crippen LogP contribution in [0.2, 0.25) is 0 Å². The van der Waals surface area contributed by atoms with Gasteiger partial charge in [-0.2, -0.15) is 5.09 Å². The maximum Gasteiger partial charge on any atom is 0.459 e. The van der Waals surface area contributed by atoms with Gasteiger partial charge in [-0.05, 0) is 19.1 Å². The summed E-state index contributed by atoms with van der Waals surface area (Å²) >= 11 is 0. The number of carbonyl (C=O) groups excluding carboxylic acids is 1. The molecule has 3 fully saturated rings. The summed E-state index contributed by atoms with van der Waals surface area (Å²) in [6, 6.07) is 7.06. The molecule has 5 unspecified atom stereocenters. The van der Waals surface area contributed by atoms with Crippen LogP contribution in [0.3, 0.4) is 0 Å². The average Bonchev–Trinajstić information content (AvgIpc) is 3.92. The highest BCUT2D eigenvalue weighted by atomic mass is 31.2. The minimum Gasteiger partial charge on any atom is -0.468 e. The number of aliphatic hydroxyl groups is 1. The van der Waals surface area contributed by atoms with E-state index < -0.39 is 63.7 Å². The molecule has 238 valence electrons. The van der Waals surface area contributed by atoms with E-state index in [1.165, 1.54) is 20.2 Å². The molecule has 18 heteroatoms. The van der Waals surface area contributed by atoms with Crippen molar-refractivity contribution in [1.29, 1.82) is 0 Å². The minimum atomic E-state index is -4.21. The maximum atomic E-state index is 13.6. The number of benzene rings is 1. The first kappa shape index (κ1) is 32.3. The molecule has 1 aromatic carbocycles. The van der Waals surface area contributed by atoms with Crippen LogP contribution in [0.4, 0.5) is 0 Å². The molecule has 0 radical (unpaired) electrons. The van der Waals surface area contributed by atoms with Crippen LogP contribution >= 0.6 is 15.4 Å². The Balaban J connectivity index is 1.25. The lowest BCUT2D eigenvalue weighted by molar-refractivity contribution is -0.142. The highest BCUT2D eigenvalue weighted by molar-refractivity contribution is 7.54. The van der Waals surface area contributed by atoms with Gasteiger partial charge in [0.15, 0.2) is 0 Å². The zero-order valence-corrected chi connectivity index (χ0v) is 25.8. The number of para-hydroxylation sites is 1. The van der Waals surface area contributed by atoms with E-state index in [0.717, 1.165) is 4.57 Å². The third kappa shape index (κ3) is 7.76. The number of hydrogen-bond donors (Lipinski definition) is 3. The highest BCUT2D eigenvalue weighted by Crippen LogP contribution is 2.60. The summed E-state index contributed by atoms with van der Waals surface area (Å²) in [7, 11) is -6.10. The molecular formula is C26H33N5O11P2. The molecular weight excluding hydrogens is 620 g/mol. The lowest BCUT2D eigenvalue weighted by Gasteiger charge is -2.24. The Kier molecular flexibility index (Phi) is 9.91. The molecule has 4 heterocycles. The Morgan fingerprint density at radius 1 is 1.16 bits per heavy atom. The fourth-order valence-electron chi connectivity index (χ4n) is 4.36. The van der Waals surface area contributed by atoms with Crippen LogP contribution in [0.25, 0.3) is 0 Å². The van der Waals surface area contributed by atoms with Crippen LogP contribution in [-0.4, -0.2) is 94.7 Å². The number of hydrogen-bond acceptors (Lipinski definition) is 11. The molecule has 2 aromatic rings. The van der Waals surface area contributed by atoms with Gasteiger partial charge in [-0.1, -0.05) is 30.0 Å². The molecule has 0 bridgehead atoms. The molecule has 5 atom stereocenters. The molecule has 0 amide bonds. The van der Waals surface area contributed by atoms with Crippen molar-refractivity contribution in [3.63, 3.8) is 0 Å². The molecule has 3 aliphatic heterocycles. The number of aromatic nitrogens is 2. The number of aliphatic hydroxyl groups excluding tert-OH is 1. The second-order valence-corrected chi connectivity index (χ2v) is 14.3. The van der Waals surface area contributed by atoms with Crippen LogP contribution in [0, 0.1) is 11.8 Å². The molecule has 3 N–H and O–H groups in total. The molecule has 1 aromatic heterocycles. The molecule has 3 saturated heterocycles. The van der Waals surface area contributed by atoms with Gasteiger partial charge < -0.3 is 19.1 Å². The largest absolute Gasteiger partial charge is 0.468 e. The Hall–Kier alpha value is -3.09. The van der Waals surface area contributed by atoms with Crippen LogP contribution < -0.4 is 20.9 Å². The number of nitrogens with one attached hydrogen (secondary N) is 2. The second-order valence-electron chi connectivity index (χ2n) is 10.2. The second kappa shape index (κ2) is 13.5. The topological polar surface area (TPSA) is 190 Å². The van der Waals surface area contributed by atoms with Crippen LogP contribution in [-0.2, 0) is 32.4 Å². The summed E-state index contributed by atoms with van der Waals surface area (Å²) in [5.74, 6) is 4.80. The van der Waals surface area contributed by atoms with Crippen LogP contribution in [0.15, 0.2) is 46.1 Å². The minimum absolute atomic E-state index is 0.0685. The predicted molar refractivity (Wildman–Crippen MR) is 155 cm³/mol. The maximum absolute atomic E-state index is 13.6. The summed E-state index contributed by atoms with van der Waals surface area (Å²) in [6.07, 6.45) is -2.11. The van der Waals surface area contributed by atoms with E-state index in [1.54, 1.807) is 39.7 Å². The molecule has 3 aliphatic rings. The normalized spacial score (nSPS) is 23.7. The highest BCUT2D eigenvalue weighted by Gasteiger charge is 2.49. The van der Waals surface area contributed by atoms with Gasteiger partial charge in [-0.15, -0.1) is 0 Å². The fraction of sp³-hybridized carbons (Fsp3) is 0.500. The summed E-state index contributed by atoms with van der Waals surface area (Å²) in [4.78, 5) is 39.2. The van der Waals surface area contributed by atoms with E-state index in [9.17, 15) is 28.6 Å². The summed E-state index contributed by atoms with van der Waals surface area (Å²) in [5.41, 5.74) is -1.60. The molecule has 0 saturated carbocycles. The Morgan fingerprint density at radius 2 is 1.84 bits per heavy atom. The predicted octanol–water partition coefficient (Wildman–Crippen LogP) is 0.647. The number of aromatic amines is 1. The van der Waals surface area contributed by atoms with Crippen molar-refractivity contribution in [3.8, 4) is 17.6 Å². The zero-order valence-electron chi connectivity index (χ0n) is 24.0. The van der Waals surface area contributed by atoms with Crippen LogP contribution in [0.1, 0.15) is 25.1 Å². The molecule has 0 spiro atoms. The Morgan fingerprint density at radius 3 is 2.48 bits per heavy atom. The van der Waals surface area contributed by atoms with Crippen molar-refractivity contribution in [2.24, 2.45) is 0 Å². The smallest absolute Gasteiger partial charge is 0.459 e. The average molecular weight is 654 g/mol. The monoisotopic (exact) mass is 653 g/mol. The van der Waals surface area contributed by atoms with Gasteiger partial charge in [-0.3, -0.25) is 32.8 Å². The number of nitrogens with zero attached hydrogens (tertiary/aromatic N) is 3. The molecule has 44 heavy (non-hydrogen) atoms. The van der Waals surface area contributed by atoms with E-state index in [0.29, 0.717) is 26.2 Å². The SMILES string of the molecule is COC(=O)C(C)NP(=O)(OCC1OC(n2cc(C#CCOP(=O)(N3CC3)N3CC3)c(=O)[nH]c2=O)CC1O)Oc1ccccc1. The van der Waals surface area contributed by atoms with Crippen molar-refractivity contribution in [2.75, 3.05) is 46.5 Å². The number of ether oxygens (including phenoxy) is 2. The third-order valence-electron chi connectivity index (χ3n) is 6.86. The summed E-state index contributed by atoms with van der Waals surface area (Å²) in [5, 5.41) is 13.2. The van der Waals surface area contributed by atoms with E-state index in [2.05, 4.69) is 26.6 Å². The Labute approximate surface area is 252 Å². The van der Waals surface area contributed by atoms with Crippen molar-refractivity contribution >= 4 is 21.4 Å². The molecule has 5 rings (SSSR count). The Bertz CT molecular complexity index is 1610. The first-order valence-electron chi connectivity index (χ1n) is 13.8. The van der Waals surface area contributed by atoms with E-state index in [1.807, 2.05) is 0 Å². The number of methoxy groups -OCH3 is 1. The van der Waals surface area contributed by atoms with Crippen molar-refractivity contribution < 1.29 is 42.1 Å². The van der Waals surface area contributed by atoms with E-state index >= 15 is 0 Å². The van der Waals surface area contributed by atoms with E-state index in [-0.39, 0.29) is 24.3 Å². The van der Waals surface area contributed by atoms with Gasteiger partial charge in [0.05, 0.1) is 19.8 Å². The van der Waals surface area contributed by atoms with Crippen molar-refractivity contribution in [2.45, 2.75) is 37.8 Å². The van der Waals surface area contributed by atoms with E-state index in [4.69, 9.17) is 18.3 Å². The van der Waals surface area contributed by atoms with Gasteiger partial charge in [0.1, 0.15) is 36.3 Å². The van der Waals surface area contributed by atoms with Gasteiger partial charge in [0, 0.05) is 38.8 Å². The van der Waals surface area contributed by atoms with Crippen molar-refractivity contribution in [1.82, 2.24) is 24.0 Å². The van der Waals surface area contributed by atoms with Gasteiger partial charge in [-0.25, -0.2) is 18.7 Å². The van der Waals surface area contributed by atoms with Crippen molar-refractivity contribution in [3.05, 3.63) is 62.9 Å². The summed E-state index contributed by atoms with van der Waals surface area (Å²) in [6.45, 7) is 3.53. The van der Waals surface area contributed by atoms with Gasteiger partial charge >= 0.3 is 27.1 Å². The standard InChI is InChI=1S/C26H33N5O11P2/c1-18(25(34)38-2)28-43(36,42-20-8-4-3-5-9-20)40-17-22-21(32)15-23(41-22)31-16-19(24(33)27-26(31)35)7-6-14-39-44(37,29-10-11-29)30-12-13-30/h3-5,8-9,16,18,21-23,32H,10-15,17H2,1-2H3,(H,28,36)(H,27,33,35). The fourth-order valence-corrected chi connectivity index (χ4v) is 7.97. The van der Waals surface area contributed by atoms with Gasteiger partial charge in [0.2, 0.25) is 0 Å². The van der Waals surface area contributed by atoms with Gasteiger partial charge in [0.25, 0.3) is 5.56 Å². The first-order chi connectivity index (χ1) is 21.0. The summed E-state index contributed by atoms with van der Waals surface area (Å²) < 4.78 is 58.3. The molecule has 0 aliphatic carbocycles. The number of esters is 1. The lowest BCUT2D eigenvalue weighted by atomic mass is 10.2. The quantitative estimate of drug-likeness (QED) is 0.118. The molecule has 16 nitrogen and oxygen atoms in total. The lowest BCUT2D eigenvalue weighted by Crippen LogP contribution is -2.36. The third-order valence-corrected chi connectivity index (χ3v) is 11.2. The first-order valence-corrected chi connectivity index (χ1v) is 16.9. The number of H-pyrrole nitrogens is 1. The number of carbonyl (C=O) groups is 1.